The Labute approximate surface area is 307 Å². The van der Waals surface area contributed by atoms with Crippen LogP contribution in [0.25, 0.3) is 0 Å². The molecule has 3 aromatic carbocycles. The molecule has 0 bridgehead atoms. The lowest BCUT2D eigenvalue weighted by molar-refractivity contribution is -0.172. The van der Waals surface area contributed by atoms with Crippen LogP contribution in [0.15, 0.2) is 54.6 Å². The van der Waals surface area contributed by atoms with E-state index in [4.69, 9.17) is 28.9 Å². The van der Waals surface area contributed by atoms with E-state index in [0.29, 0.717) is 21.8 Å². The maximum atomic E-state index is 13.6. The molecule has 0 radical (unpaired) electrons. The summed E-state index contributed by atoms with van der Waals surface area (Å²) in [5.74, 6) is -3.24. The summed E-state index contributed by atoms with van der Waals surface area (Å²) in [5.41, 5.74) is -1.97. The minimum Gasteiger partial charge on any atom is -0.456 e. The molecule has 3 aliphatic heterocycles. The number of nitrogens with zero attached hydrogens (tertiary/aromatic N) is 1. The van der Waals surface area contributed by atoms with Crippen molar-refractivity contribution < 1.29 is 57.7 Å². The Balaban J connectivity index is 0.000000833. The Bertz CT molecular complexity index is 1930. The number of hydrogen-bond acceptors (Lipinski definition) is 12. The molecule has 0 saturated carbocycles. The van der Waals surface area contributed by atoms with Gasteiger partial charge in [-0.3, -0.25) is 19.2 Å². The summed E-state index contributed by atoms with van der Waals surface area (Å²) < 4.78 is 23.6. The molecule has 3 aliphatic rings. The molecule has 0 atom stereocenters. The molecule has 1 N–H and O–H groups in total. The van der Waals surface area contributed by atoms with Crippen molar-refractivity contribution in [2.24, 2.45) is 16.2 Å². The number of aliphatic hydroxyl groups is 1. The molecule has 13 nitrogen and oxygen atoms in total. The number of hydroxylamine groups is 2. The van der Waals surface area contributed by atoms with Gasteiger partial charge in [0.15, 0.2) is 5.60 Å². The van der Waals surface area contributed by atoms with Crippen LogP contribution >= 0.6 is 0 Å². The van der Waals surface area contributed by atoms with E-state index < -0.39 is 52.1 Å². The van der Waals surface area contributed by atoms with Crippen LogP contribution in [0.1, 0.15) is 113 Å². The Kier molecular flexibility index (Phi) is 10.0. The molecule has 1 saturated heterocycles. The predicted octanol–water partition coefficient (Wildman–Crippen LogP) is 6.40. The summed E-state index contributed by atoms with van der Waals surface area (Å²) in [4.78, 5) is 80.8. The predicted molar refractivity (Wildman–Crippen MR) is 188 cm³/mol. The van der Waals surface area contributed by atoms with E-state index in [1.54, 1.807) is 65.8 Å². The zero-order valence-corrected chi connectivity index (χ0v) is 31.2. The highest BCUT2D eigenvalue weighted by molar-refractivity contribution is 6.04. The van der Waals surface area contributed by atoms with Crippen LogP contribution < -0.4 is 14.2 Å². The first-order valence-electron chi connectivity index (χ1n) is 17.0. The Morgan fingerprint density at radius 3 is 1.60 bits per heavy atom. The SMILES string of the molecule is CC(C)(C)C(=O)Oc1ccc2c(c1)Oc1cc(OC(=O)C(C)(C)C)ccc1C21OC(=O)c2cc(C(=O)ON3C(=O)CCC3=O)ccc21.CC(C)(C)CO. The highest BCUT2D eigenvalue weighted by atomic mass is 16.7. The van der Waals surface area contributed by atoms with Crippen molar-refractivity contribution in [1.29, 1.82) is 0 Å². The van der Waals surface area contributed by atoms with Crippen LogP contribution in [0.2, 0.25) is 0 Å². The molecule has 53 heavy (non-hydrogen) atoms. The number of carbonyl (C=O) groups excluding carboxylic acids is 6. The van der Waals surface area contributed by atoms with Gasteiger partial charge in [0.05, 0.1) is 22.0 Å². The summed E-state index contributed by atoms with van der Waals surface area (Å²) in [7, 11) is 0. The number of rotatable bonds is 4. The molecule has 6 rings (SSSR count). The van der Waals surface area contributed by atoms with Gasteiger partial charge in [0.1, 0.15) is 23.0 Å². The summed E-state index contributed by atoms with van der Waals surface area (Å²) in [6.45, 7) is 16.6. The maximum absolute atomic E-state index is 13.6. The lowest BCUT2D eigenvalue weighted by Gasteiger charge is -2.36. The Morgan fingerprint density at radius 1 is 0.717 bits per heavy atom. The average Bonchev–Trinajstić information content (AvgIpc) is 3.54. The third-order valence-electron chi connectivity index (χ3n) is 8.29. The van der Waals surface area contributed by atoms with E-state index >= 15 is 0 Å². The average molecular weight is 730 g/mol. The normalized spacial score (nSPS) is 15.7. The first-order chi connectivity index (χ1) is 24.5. The summed E-state index contributed by atoms with van der Waals surface area (Å²) in [5, 5.41) is 8.83. The number of ether oxygens (including phenoxy) is 4. The topological polar surface area (TPSA) is 172 Å². The van der Waals surface area contributed by atoms with E-state index in [9.17, 15) is 28.8 Å². The first kappa shape index (κ1) is 38.7. The van der Waals surface area contributed by atoms with Crippen LogP contribution in [0.3, 0.4) is 0 Å². The van der Waals surface area contributed by atoms with Gasteiger partial charge in [0.2, 0.25) is 0 Å². The van der Waals surface area contributed by atoms with Crippen LogP contribution in [-0.4, -0.2) is 52.5 Å². The third kappa shape index (κ3) is 7.80. The lowest BCUT2D eigenvalue weighted by atomic mass is 9.77. The molecule has 3 aromatic rings. The molecule has 0 aromatic heterocycles. The van der Waals surface area contributed by atoms with Crippen molar-refractivity contribution >= 4 is 35.7 Å². The molecular weight excluding hydrogens is 686 g/mol. The number of esters is 3. The summed E-state index contributed by atoms with van der Waals surface area (Å²) >= 11 is 0. The van der Waals surface area contributed by atoms with Gasteiger partial charge in [-0.1, -0.05) is 26.8 Å². The van der Waals surface area contributed by atoms with Crippen molar-refractivity contribution in [2.75, 3.05) is 6.61 Å². The minimum absolute atomic E-state index is 0.0313. The fourth-order valence-corrected chi connectivity index (χ4v) is 5.26. The Morgan fingerprint density at radius 2 is 1.17 bits per heavy atom. The number of amides is 2. The molecule has 0 unspecified atom stereocenters. The highest BCUT2D eigenvalue weighted by Gasteiger charge is 2.54. The van der Waals surface area contributed by atoms with E-state index in [-0.39, 0.29) is 59.0 Å². The molecule has 0 aliphatic carbocycles. The number of imide groups is 1. The van der Waals surface area contributed by atoms with Gasteiger partial charge >= 0.3 is 23.9 Å². The second-order valence-corrected chi connectivity index (χ2v) is 16.2. The van der Waals surface area contributed by atoms with Crippen LogP contribution in [0.5, 0.6) is 23.0 Å². The number of aliphatic hydroxyl groups excluding tert-OH is 1. The molecule has 280 valence electrons. The van der Waals surface area contributed by atoms with Crippen LogP contribution in [0.4, 0.5) is 0 Å². The molecule has 1 spiro atoms. The highest BCUT2D eigenvalue weighted by Crippen LogP contribution is 2.57. The number of hydrogen-bond donors (Lipinski definition) is 1. The van der Waals surface area contributed by atoms with Gasteiger partial charge in [-0.2, -0.15) is 0 Å². The zero-order chi connectivity index (χ0) is 39.3. The third-order valence-corrected chi connectivity index (χ3v) is 8.29. The quantitative estimate of drug-likeness (QED) is 0.178. The van der Waals surface area contributed by atoms with Gasteiger partial charge in [-0.15, -0.1) is 5.06 Å². The van der Waals surface area contributed by atoms with Crippen molar-refractivity contribution in [1.82, 2.24) is 5.06 Å². The standard InChI is InChI=1S/C35H31NO11.C5H12O/c1-33(2,3)31(41)43-19-8-11-23-25(16-19)45-26-17-20(44-32(42)34(4,5)6)9-12-24(26)35(23)22-10-7-18(15-21(22)30(40)46-35)29(39)47-36-27(37)13-14-28(36)38;1-5(2,3)4-6/h7-12,15-17H,13-14H2,1-6H3;6H,4H2,1-3H3. The second kappa shape index (κ2) is 13.8. The molecule has 2 amide bonds. The van der Waals surface area contributed by atoms with Crippen molar-refractivity contribution in [2.45, 2.75) is 80.8 Å². The van der Waals surface area contributed by atoms with E-state index in [2.05, 4.69) is 0 Å². The fourth-order valence-electron chi connectivity index (χ4n) is 5.26. The first-order valence-corrected chi connectivity index (χ1v) is 17.0. The molecule has 3 heterocycles. The van der Waals surface area contributed by atoms with Crippen LogP contribution in [0, 0.1) is 16.2 Å². The van der Waals surface area contributed by atoms with Gasteiger partial charge < -0.3 is 28.9 Å². The zero-order valence-electron chi connectivity index (χ0n) is 31.2. The van der Waals surface area contributed by atoms with Crippen molar-refractivity contribution in [3.63, 3.8) is 0 Å². The van der Waals surface area contributed by atoms with E-state index in [1.807, 2.05) is 20.8 Å². The number of fused-ring (bicyclic) bond motifs is 6. The molecule has 1 fully saturated rings. The van der Waals surface area contributed by atoms with Crippen molar-refractivity contribution in [3.8, 4) is 23.0 Å². The second-order valence-electron chi connectivity index (χ2n) is 16.2. The van der Waals surface area contributed by atoms with Crippen molar-refractivity contribution in [3.05, 3.63) is 82.4 Å². The Hall–Kier alpha value is -5.56. The minimum atomic E-state index is -1.59. The largest absolute Gasteiger partial charge is 0.456 e. The smallest absolute Gasteiger partial charge is 0.363 e. The maximum Gasteiger partial charge on any atom is 0.363 e. The van der Waals surface area contributed by atoms with Crippen LogP contribution in [-0.2, 0) is 34.4 Å². The van der Waals surface area contributed by atoms with Gasteiger partial charge in [-0.05, 0) is 83.4 Å². The van der Waals surface area contributed by atoms with E-state index in [0.717, 1.165) is 0 Å². The van der Waals surface area contributed by atoms with Gasteiger partial charge in [0.25, 0.3) is 11.8 Å². The molecule has 13 heteroatoms. The monoisotopic (exact) mass is 729 g/mol. The number of benzene rings is 3. The molecular formula is C40H43NO12. The van der Waals surface area contributed by atoms with Gasteiger partial charge in [-0.25, -0.2) is 9.59 Å². The lowest BCUT2D eigenvalue weighted by Crippen LogP contribution is -2.33. The van der Waals surface area contributed by atoms with E-state index in [1.165, 1.54) is 30.3 Å². The summed E-state index contributed by atoms with van der Waals surface area (Å²) in [6, 6.07) is 13.5. The fraction of sp³-hybridized carbons (Fsp3) is 0.400. The van der Waals surface area contributed by atoms with Gasteiger partial charge in [0, 0.05) is 48.3 Å². The number of carbonyl (C=O) groups is 6. The summed E-state index contributed by atoms with van der Waals surface area (Å²) in [6.07, 6.45) is -0.138.